The lowest BCUT2D eigenvalue weighted by molar-refractivity contribution is 0.0932. The van der Waals surface area contributed by atoms with Crippen LogP contribution < -0.4 is 5.32 Å². The number of carbonyl (C=O) groups is 1. The second-order valence-corrected chi connectivity index (χ2v) is 5.80. The molecule has 0 radical (unpaired) electrons. The van der Waals surface area contributed by atoms with E-state index < -0.39 is 0 Å². The van der Waals surface area contributed by atoms with Crippen LogP contribution in [-0.4, -0.2) is 11.9 Å². The van der Waals surface area contributed by atoms with Crippen molar-refractivity contribution in [2.45, 2.75) is 25.3 Å². The molecule has 1 fully saturated rings. The van der Waals surface area contributed by atoms with Gasteiger partial charge >= 0.3 is 0 Å². The van der Waals surface area contributed by atoms with E-state index in [-0.39, 0.29) is 11.9 Å². The van der Waals surface area contributed by atoms with Crippen LogP contribution in [0.1, 0.15) is 34.3 Å². The van der Waals surface area contributed by atoms with E-state index in [1.54, 1.807) is 24.3 Å². The van der Waals surface area contributed by atoms with Crippen molar-refractivity contribution in [2.24, 2.45) is 5.92 Å². The molecule has 3 heteroatoms. The zero-order valence-corrected chi connectivity index (χ0v) is 12.3. The second kappa shape index (κ2) is 6.44. The highest BCUT2D eigenvalue weighted by Gasteiger charge is 2.32. The zero-order chi connectivity index (χ0) is 15.4. The summed E-state index contributed by atoms with van der Waals surface area (Å²) in [6.45, 7) is 0. The number of rotatable bonds is 5. The van der Waals surface area contributed by atoms with Gasteiger partial charge in [-0.15, -0.1) is 0 Å². The number of nitriles is 1. The molecule has 2 aromatic carbocycles. The number of amides is 1. The fourth-order valence-corrected chi connectivity index (χ4v) is 2.65. The molecule has 1 amide bonds. The van der Waals surface area contributed by atoms with Crippen molar-refractivity contribution in [1.82, 2.24) is 5.32 Å². The first-order valence-electron chi connectivity index (χ1n) is 7.61. The summed E-state index contributed by atoms with van der Waals surface area (Å²) in [4.78, 5) is 12.4. The summed E-state index contributed by atoms with van der Waals surface area (Å²) in [5, 5.41) is 12.0. The number of carbonyl (C=O) groups excluding carboxylic acids is 1. The smallest absolute Gasteiger partial charge is 0.251 e. The van der Waals surface area contributed by atoms with Crippen molar-refractivity contribution in [2.75, 3.05) is 0 Å². The average molecular weight is 290 g/mol. The zero-order valence-electron chi connectivity index (χ0n) is 12.3. The maximum absolute atomic E-state index is 12.4. The summed E-state index contributed by atoms with van der Waals surface area (Å²) in [5.41, 5.74) is 2.43. The molecule has 22 heavy (non-hydrogen) atoms. The highest BCUT2D eigenvalue weighted by atomic mass is 16.1. The number of benzene rings is 2. The molecule has 1 aliphatic carbocycles. The van der Waals surface area contributed by atoms with Crippen molar-refractivity contribution in [3.05, 3.63) is 71.3 Å². The van der Waals surface area contributed by atoms with Crippen LogP contribution in [0.25, 0.3) is 0 Å². The highest BCUT2D eigenvalue weighted by molar-refractivity contribution is 5.94. The van der Waals surface area contributed by atoms with E-state index in [1.165, 1.54) is 18.4 Å². The van der Waals surface area contributed by atoms with E-state index in [4.69, 9.17) is 5.26 Å². The molecule has 110 valence electrons. The third-order valence-corrected chi connectivity index (χ3v) is 4.08. The Morgan fingerprint density at radius 2 is 1.82 bits per heavy atom. The quantitative estimate of drug-likeness (QED) is 0.918. The first kappa shape index (κ1) is 14.3. The van der Waals surface area contributed by atoms with Crippen molar-refractivity contribution >= 4 is 5.91 Å². The van der Waals surface area contributed by atoms with Gasteiger partial charge in [-0.05, 0) is 55.0 Å². The van der Waals surface area contributed by atoms with E-state index in [0.717, 1.165) is 6.42 Å². The molecule has 0 spiro atoms. The minimum atomic E-state index is -0.0580. The van der Waals surface area contributed by atoms with E-state index in [0.29, 0.717) is 17.0 Å². The van der Waals surface area contributed by atoms with Crippen molar-refractivity contribution in [3.63, 3.8) is 0 Å². The van der Waals surface area contributed by atoms with Gasteiger partial charge in [0.2, 0.25) is 0 Å². The van der Waals surface area contributed by atoms with Crippen LogP contribution in [0.5, 0.6) is 0 Å². The van der Waals surface area contributed by atoms with E-state index in [9.17, 15) is 4.79 Å². The summed E-state index contributed by atoms with van der Waals surface area (Å²) < 4.78 is 0. The Bertz CT molecular complexity index is 682. The number of hydrogen-bond donors (Lipinski definition) is 1. The van der Waals surface area contributed by atoms with Gasteiger partial charge in [0.05, 0.1) is 11.6 Å². The maximum atomic E-state index is 12.4. The maximum Gasteiger partial charge on any atom is 0.251 e. The van der Waals surface area contributed by atoms with Crippen molar-refractivity contribution < 1.29 is 4.79 Å². The molecule has 0 bridgehead atoms. The van der Waals surface area contributed by atoms with Crippen LogP contribution in [0.2, 0.25) is 0 Å². The molecular weight excluding hydrogens is 272 g/mol. The molecule has 1 aliphatic rings. The molecule has 1 unspecified atom stereocenters. The van der Waals surface area contributed by atoms with Gasteiger partial charge in [0.1, 0.15) is 0 Å². The second-order valence-electron chi connectivity index (χ2n) is 5.80. The predicted octanol–water partition coefficient (Wildman–Crippen LogP) is 3.31. The number of nitrogens with one attached hydrogen (secondary N) is 1. The van der Waals surface area contributed by atoms with Gasteiger partial charge in [0.15, 0.2) is 0 Å². The van der Waals surface area contributed by atoms with Gasteiger partial charge in [-0.1, -0.05) is 30.3 Å². The Kier molecular flexibility index (Phi) is 4.20. The van der Waals surface area contributed by atoms with Crippen LogP contribution in [-0.2, 0) is 6.42 Å². The van der Waals surface area contributed by atoms with Gasteiger partial charge in [-0.25, -0.2) is 0 Å². The van der Waals surface area contributed by atoms with Crippen LogP contribution in [0.3, 0.4) is 0 Å². The van der Waals surface area contributed by atoms with Gasteiger partial charge in [-0.2, -0.15) is 5.26 Å². The third-order valence-electron chi connectivity index (χ3n) is 4.08. The molecule has 1 atom stereocenters. The van der Waals surface area contributed by atoms with Crippen LogP contribution in [0.15, 0.2) is 54.6 Å². The first-order chi connectivity index (χ1) is 10.8. The average Bonchev–Trinajstić information content (AvgIpc) is 3.40. The Hall–Kier alpha value is -2.60. The molecule has 0 aromatic heterocycles. The normalized spacial score (nSPS) is 14.9. The van der Waals surface area contributed by atoms with Crippen LogP contribution in [0.4, 0.5) is 0 Å². The molecule has 0 aliphatic heterocycles. The Morgan fingerprint density at radius 1 is 1.14 bits per heavy atom. The van der Waals surface area contributed by atoms with Gasteiger partial charge in [0, 0.05) is 11.6 Å². The lowest BCUT2D eigenvalue weighted by Gasteiger charge is -2.18. The predicted molar refractivity (Wildman–Crippen MR) is 85.3 cm³/mol. The minimum absolute atomic E-state index is 0.0580. The lowest BCUT2D eigenvalue weighted by atomic mass is 10.0. The molecule has 1 N–H and O–H groups in total. The van der Waals surface area contributed by atoms with Crippen LogP contribution in [0, 0.1) is 17.2 Å². The summed E-state index contributed by atoms with van der Waals surface area (Å²) in [6, 6.07) is 19.3. The molecule has 3 rings (SSSR count). The topological polar surface area (TPSA) is 52.9 Å². The largest absolute Gasteiger partial charge is 0.349 e. The Balaban J connectivity index is 1.68. The highest BCUT2D eigenvalue weighted by Crippen LogP contribution is 2.34. The Morgan fingerprint density at radius 3 is 2.41 bits per heavy atom. The summed E-state index contributed by atoms with van der Waals surface area (Å²) in [5.74, 6) is 0.528. The standard InChI is InChI=1S/C19H18N2O/c20-13-15-6-8-17(9-7-15)19(22)21-18(16-10-11-16)12-14-4-2-1-3-5-14/h1-9,16,18H,10-12H2,(H,21,22). The van der Waals surface area contributed by atoms with Crippen molar-refractivity contribution in [1.29, 1.82) is 5.26 Å². The molecular formula is C19H18N2O. The van der Waals surface area contributed by atoms with E-state index in [1.807, 2.05) is 18.2 Å². The van der Waals surface area contributed by atoms with E-state index in [2.05, 4.69) is 23.5 Å². The minimum Gasteiger partial charge on any atom is -0.349 e. The summed E-state index contributed by atoms with van der Waals surface area (Å²) in [6.07, 6.45) is 3.24. The molecule has 2 aromatic rings. The van der Waals surface area contributed by atoms with Gasteiger partial charge in [-0.3, -0.25) is 4.79 Å². The SMILES string of the molecule is N#Cc1ccc(C(=O)NC(Cc2ccccc2)C2CC2)cc1. The lowest BCUT2D eigenvalue weighted by Crippen LogP contribution is -2.38. The summed E-state index contributed by atoms with van der Waals surface area (Å²) in [7, 11) is 0. The fourth-order valence-electron chi connectivity index (χ4n) is 2.65. The summed E-state index contributed by atoms with van der Waals surface area (Å²) >= 11 is 0. The monoisotopic (exact) mass is 290 g/mol. The first-order valence-corrected chi connectivity index (χ1v) is 7.61. The van der Waals surface area contributed by atoms with E-state index >= 15 is 0 Å². The van der Waals surface area contributed by atoms with Crippen LogP contribution >= 0.6 is 0 Å². The van der Waals surface area contributed by atoms with Gasteiger partial charge < -0.3 is 5.32 Å². The Labute approximate surface area is 130 Å². The molecule has 0 saturated heterocycles. The number of hydrogen-bond acceptors (Lipinski definition) is 2. The third kappa shape index (κ3) is 3.53. The molecule has 3 nitrogen and oxygen atoms in total. The fraction of sp³-hybridized carbons (Fsp3) is 0.263. The number of nitrogens with zero attached hydrogens (tertiary/aromatic N) is 1. The van der Waals surface area contributed by atoms with Gasteiger partial charge in [0.25, 0.3) is 5.91 Å². The molecule has 1 saturated carbocycles. The van der Waals surface area contributed by atoms with Crippen molar-refractivity contribution in [3.8, 4) is 6.07 Å². The molecule has 0 heterocycles.